The van der Waals surface area contributed by atoms with Crippen LogP contribution in [0.15, 0.2) is 29.1 Å². The maximum Gasteiger partial charge on any atom is 0.326 e. The van der Waals surface area contributed by atoms with Gasteiger partial charge in [0.2, 0.25) is 5.91 Å². The first kappa shape index (κ1) is 21.0. The highest BCUT2D eigenvalue weighted by Crippen LogP contribution is 2.17. The number of carboxylic acid groups (broad SMARTS) is 2. The van der Waals surface area contributed by atoms with Gasteiger partial charge in [0.05, 0.1) is 5.39 Å². The second-order valence-electron chi connectivity index (χ2n) is 6.83. The van der Waals surface area contributed by atoms with Gasteiger partial charge in [0.15, 0.2) is 0 Å². The van der Waals surface area contributed by atoms with Crippen molar-refractivity contribution in [3.63, 3.8) is 0 Å². The summed E-state index contributed by atoms with van der Waals surface area (Å²) in [5.74, 6) is -3.25. The van der Waals surface area contributed by atoms with E-state index in [0.717, 1.165) is 4.68 Å². The van der Waals surface area contributed by atoms with Gasteiger partial charge in [0.25, 0.3) is 5.56 Å². The van der Waals surface area contributed by atoms with E-state index in [1.54, 1.807) is 24.3 Å². The van der Waals surface area contributed by atoms with Crippen LogP contribution in [0.4, 0.5) is 0 Å². The molecule has 2 aromatic rings. The minimum Gasteiger partial charge on any atom is -0.481 e. The van der Waals surface area contributed by atoms with Crippen LogP contribution in [0.3, 0.4) is 0 Å². The zero-order valence-electron chi connectivity index (χ0n) is 15.5. The fraction of sp³-hybridized carbons (Fsp3) is 0.444. The van der Waals surface area contributed by atoms with Crippen molar-refractivity contribution in [1.29, 1.82) is 0 Å². The van der Waals surface area contributed by atoms with E-state index in [2.05, 4.69) is 15.6 Å². The van der Waals surface area contributed by atoms with Crippen molar-refractivity contribution in [1.82, 2.24) is 20.3 Å². The summed E-state index contributed by atoms with van der Waals surface area (Å²) in [7, 11) is 0. The van der Waals surface area contributed by atoms with Crippen LogP contribution < -0.4 is 10.9 Å². The summed E-state index contributed by atoms with van der Waals surface area (Å²) in [6.45, 7) is 3.69. The summed E-state index contributed by atoms with van der Waals surface area (Å²) < 4.78 is 0.952. The fourth-order valence-corrected chi connectivity index (χ4v) is 2.76. The van der Waals surface area contributed by atoms with Gasteiger partial charge in [0, 0.05) is 6.42 Å². The van der Waals surface area contributed by atoms with Crippen LogP contribution in [0.1, 0.15) is 39.2 Å². The molecule has 0 aliphatic rings. The Kier molecular flexibility index (Phi) is 6.80. The van der Waals surface area contributed by atoms with Crippen molar-refractivity contribution < 1.29 is 24.6 Å². The Morgan fingerprint density at radius 3 is 2.46 bits per heavy atom. The maximum atomic E-state index is 12.8. The van der Waals surface area contributed by atoms with Crippen molar-refractivity contribution in [3.8, 4) is 0 Å². The molecule has 1 heterocycles. The van der Waals surface area contributed by atoms with Crippen molar-refractivity contribution in [2.24, 2.45) is 5.92 Å². The van der Waals surface area contributed by atoms with E-state index in [1.807, 2.05) is 13.8 Å². The van der Waals surface area contributed by atoms with Crippen molar-refractivity contribution in [3.05, 3.63) is 34.6 Å². The molecule has 0 aliphatic heterocycles. The fourth-order valence-electron chi connectivity index (χ4n) is 2.76. The van der Waals surface area contributed by atoms with Gasteiger partial charge in [-0.3, -0.25) is 14.4 Å². The second-order valence-corrected chi connectivity index (χ2v) is 6.83. The summed E-state index contributed by atoms with van der Waals surface area (Å²) in [5, 5.41) is 28.5. The van der Waals surface area contributed by atoms with Gasteiger partial charge < -0.3 is 15.5 Å². The molecule has 0 bridgehead atoms. The van der Waals surface area contributed by atoms with E-state index in [0.29, 0.717) is 10.9 Å². The average Bonchev–Trinajstić information content (AvgIpc) is 2.63. The predicted octanol–water partition coefficient (Wildman–Crippen LogP) is 0.813. The van der Waals surface area contributed by atoms with Crippen LogP contribution in [0, 0.1) is 5.92 Å². The van der Waals surface area contributed by atoms with E-state index >= 15 is 0 Å². The van der Waals surface area contributed by atoms with E-state index < -0.39 is 41.9 Å². The van der Waals surface area contributed by atoms with Gasteiger partial charge in [-0.2, -0.15) is 4.68 Å². The number of aliphatic carboxylic acids is 2. The number of rotatable bonds is 9. The van der Waals surface area contributed by atoms with E-state index in [4.69, 9.17) is 5.11 Å². The van der Waals surface area contributed by atoms with Crippen LogP contribution in [-0.4, -0.2) is 49.1 Å². The molecule has 0 aliphatic carbocycles. The number of aromatic nitrogens is 3. The maximum absolute atomic E-state index is 12.8. The largest absolute Gasteiger partial charge is 0.481 e. The number of carbonyl (C=O) groups excluding carboxylic acids is 1. The number of benzene rings is 1. The molecule has 10 heteroatoms. The Morgan fingerprint density at radius 1 is 1.18 bits per heavy atom. The lowest BCUT2D eigenvalue weighted by Gasteiger charge is -2.22. The second kappa shape index (κ2) is 9.07. The van der Waals surface area contributed by atoms with Gasteiger partial charge in [-0.15, -0.1) is 5.10 Å². The summed E-state index contributed by atoms with van der Waals surface area (Å²) in [6.07, 6.45) is -0.463. The summed E-state index contributed by atoms with van der Waals surface area (Å²) in [4.78, 5) is 47.6. The lowest BCUT2D eigenvalue weighted by Crippen LogP contribution is -2.46. The molecular formula is C18H22N4O6. The van der Waals surface area contributed by atoms with E-state index in [1.165, 1.54) is 0 Å². The lowest BCUT2D eigenvalue weighted by atomic mass is 10.0. The third kappa shape index (κ3) is 5.12. The van der Waals surface area contributed by atoms with Crippen molar-refractivity contribution in [2.45, 2.75) is 45.2 Å². The summed E-state index contributed by atoms with van der Waals surface area (Å²) in [5.41, 5.74) is -0.124. The number of carboxylic acids is 2. The smallest absolute Gasteiger partial charge is 0.326 e. The molecule has 1 amide bonds. The Labute approximate surface area is 160 Å². The minimum atomic E-state index is -1.39. The zero-order valence-corrected chi connectivity index (χ0v) is 15.5. The molecule has 1 aromatic carbocycles. The lowest BCUT2D eigenvalue weighted by molar-refractivity contribution is -0.143. The molecule has 2 atom stereocenters. The van der Waals surface area contributed by atoms with Gasteiger partial charge in [-0.1, -0.05) is 31.2 Å². The molecule has 0 saturated carbocycles. The highest BCUT2D eigenvalue weighted by Gasteiger charge is 2.29. The molecule has 2 rings (SSSR count). The standard InChI is InChI=1S/C18H22N4O6/c1-10(2)9-14(16(25)19-13(18(27)28)7-8-15(23)24)22-17(26)11-5-3-4-6-12(11)20-21-22/h3-6,10,13-14H,7-9H2,1-2H3,(H,19,25)(H,23,24)(H,27,28)/t13-,14+/m0/s1. The number of carbonyl (C=O) groups is 3. The number of hydrogen-bond acceptors (Lipinski definition) is 6. The highest BCUT2D eigenvalue weighted by atomic mass is 16.4. The zero-order chi connectivity index (χ0) is 20.8. The average molecular weight is 390 g/mol. The van der Waals surface area contributed by atoms with Crippen molar-refractivity contribution >= 4 is 28.7 Å². The number of amides is 1. The molecule has 0 radical (unpaired) electrons. The van der Waals surface area contributed by atoms with Gasteiger partial charge in [0.1, 0.15) is 17.6 Å². The van der Waals surface area contributed by atoms with Crippen LogP contribution in [0.2, 0.25) is 0 Å². The third-order valence-electron chi connectivity index (χ3n) is 4.15. The molecule has 1 aromatic heterocycles. The molecule has 0 saturated heterocycles. The summed E-state index contributed by atoms with van der Waals surface area (Å²) in [6, 6.07) is 4.11. The molecule has 3 N–H and O–H groups in total. The van der Waals surface area contributed by atoms with Crippen molar-refractivity contribution in [2.75, 3.05) is 0 Å². The Hall–Kier alpha value is -3.30. The third-order valence-corrected chi connectivity index (χ3v) is 4.15. The normalized spacial score (nSPS) is 13.2. The monoisotopic (exact) mass is 390 g/mol. The molecule has 0 spiro atoms. The Bertz CT molecular complexity index is 939. The van der Waals surface area contributed by atoms with E-state index in [-0.39, 0.29) is 18.8 Å². The van der Waals surface area contributed by atoms with E-state index in [9.17, 15) is 24.3 Å². The SMILES string of the molecule is CC(C)C[C@H](C(=O)N[C@@H](CCC(=O)O)C(=O)O)n1nnc2ccccc2c1=O. The van der Waals surface area contributed by atoms with Crippen LogP contribution in [-0.2, 0) is 14.4 Å². The molecule has 10 nitrogen and oxygen atoms in total. The molecule has 28 heavy (non-hydrogen) atoms. The molecule has 0 fully saturated rings. The van der Waals surface area contributed by atoms with Crippen LogP contribution in [0.25, 0.3) is 10.9 Å². The van der Waals surface area contributed by atoms with Gasteiger partial charge in [-0.25, -0.2) is 4.79 Å². The van der Waals surface area contributed by atoms with Gasteiger partial charge >= 0.3 is 11.9 Å². The number of hydrogen-bond donors (Lipinski definition) is 3. The first-order valence-corrected chi connectivity index (χ1v) is 8.80. The van der Waals surface area contributed by atoms with Gasteiger partial charge in [-0.05, 0) is 30.9 Å². The quantitative estimate of drug-likeness (QED) is 0.569. The molecule has 150 valence electrons. The minimum absolute atomic E-state index is 0.00165. The number of nitrogens with zero attached hydrogens (tertiary/aromatic N) is 3. The Balaban J connectivity index is 2.36. The number of fused-ring (bicyclic) bond motifs is 1. The predicted molar refractivity (Wildman–Crippen MR) is 98.7 cm³/mol. The number of nitrogens with one attached hydrogen (secondary N) is 1. The summed E-state index contributed by atoms with van der Waals surface area (Å²) >= 11 is 0. The topological polar surface area (TPSA) is 151 Å². The van der Waals surface area contributed by atoms with Crippen LogP contribution in [0.5, 0.6) is 0 Å². The first-order valence-electron chi connectivity index (χ1n) is 8.80. The highest BCUT2D eigenvalue weighted by molar-refractivity contribution is 5.86. The molecule has 0 unspecified atom stereocenters. The first-order chi connectivity index (χ1) is 13.2. The Morgan fingerprint density at radius 2 is 1.86 bits per heavy atom. The van der Waals surface area contributed by atoms with Crippen LogP contribution >= 0.6 is 0 Å². The molecular weight excluding hydrogens is 368 g/mol.